The summed E-state index contributed by atoms with van der Waals surface area (Å²) < 4.78 is 0. The van der Waals surface area contributed by atoms with Crippen molar-refractivity contribution in [3.05, 3.63) is 60.2 Å². The molecule has 4 N–H and O–H groups in total. The molecule has 0 spiro atoms. The second-order valence-corrected chi connectivity index (χ2v) is 14.7. The van der Waals surface area contributed by atoms with E-state index in [4.69, 9.17) is 0 Å². The number of nitrogens with zero attached hydrogens (tertiary/aromatic N) is 3. The molecule has 2 heterocycles. The number of amides is 5. The van der Waals surface area contributed by atoms with Gasteiger partial charge in [0.15, 0.2) is 0 Å². The summed E-state index contributed by atoms with van der Waals surface area (Å²) in [6, 6.07) is 4.50. The summed E-state index contributed by atoms with van der Waals surface area (Å²) in [6.07, 6.45) is 7.52. The van der Waals surface area contributed by atoms with Gasteiger partial charge in [-0.15, -0.1) is 0 Å². The van der Waals surface area contributed by atoms with Crippen LogP contribution in [0.2, 0.25) is 0 Å². The third kappa shape index (κ3) is 9.72. The van der Waals surface area contributed by atoms with Crippen molar-refractivity contribution in [2.24, 2.45) is 23.2 Å². The Morgan fingerprint density at radius 3 is 2.22 bits per heavy atom. The number of carbonyl (C=O) groups is 6. The van der Waals surface area contributed by atoms with Crippen LogP contribution in [0, 0.1) is 23.2 Å². The molecule has 4 rings (SSSR count). The maximum atomic E-state index is 14.5. The molecule has 13 nitrogen and oxygen atoms in total. The van der Waals surface area contributed by atoms with Gasteiger partial charge in [0.1, 0.15) is 23.8 Å². The second kappa shape index (κ2) is 16.8. The van der Waals surface area contributed by atoms with Crippen LogP contribution < -0.4 is 21.3 Å². The monoisotopic (exact) mass is 689 g/mol. The molecule has 2 aliphatic rings. The van der Waals surface area contributed by atoms with Crippen molar-refractivity contribution in [3.63, 3.8) is 0 Å². The van der Waals surface area contributed by atoms with Crippen LogP contribution in [0.5, 0.6) is 0 Å². The Kier molecular flexibility index (Phi) is 12.8. The molecule has 5 amide bonds. The Morgan fingerprint density at radius 2 is 1.64 bits per heavy atom. The summed E-state index contributed by atoms with van der Waals surface area (Å²) in [5.74, 6) is -3.54. The van der Waals surface area contributed by atoms with Crippen molar-refractivity contribution >= 4 is 35.3 Å². The van der Waals surface area contributed by atoms with Gasteiger partial charge in [0.2, 0.25) is 23.5 Å². The molecule has 13 heteroatoms. The first-order chi connectivity index (χ1) is 23.7. The highest BCUT2D eigenvalue weighted by molar-refractivity contribution is 6.38. The smallest absolute Gasteiger partial charge is 0.289 e. The van der Waals surface area contributed by atoms with Crippen LogP contribution in [0.25, 0.3) is 0 Å². The number of hydrogen-bond acceptors (Lipinski definition) is 8. The molecule has 270 valence electrons. The number of rotatable bonds is 15. The number of aromatic nitrogens is 2. The van der Waals surface area contributed by atoms with E-state index in [1.165, 1.54) is 23.5 Å². The highest BCUT2D eigenvalue weighted by atomic mass is 16.2. The number of ketones is 1. The highest BCUT2D eigenvalue weighted by Crippen LogP contribution is 2.36. The third-order valence-corrected chi connectivity index (χ3v) is 9.38. The van der Waals surface area contributed by atoms with E-state index in [0.29, 0.717) is 31.4 Å². The minimum Gasteiger partial charge on any atom is -0.349 e. The highest BCUT2D eigenvalue weighted by Gasteiger charge is 2.48. The van der Waals surface area contributed by atoms with E-state index in [1.807, 2.05) is 41.5 Å². The van der Waals surface area contributed by atoms with Crippen molar-refractivity contribution in [1.82, 2.24) is 36.1 Å². The molecule has 0 radical (unpaired) electrons. The number of nitrogens with one attached hydrogen (secondary N) is 4. The normalized spacial score (nSPS) is 19.2. The molecule has 2 aromatic rings. The summed E-state index contributed by atoms with van der Waals surface area (Å²) in [6.45, 7) is 11.9. The number of Topliss-reactive ketones (excluding diaryl/α,β-unsaturated/α-hetero) is 1. The molecule has 1 aliphatic carbocycles. The van der Waals surface area contributed by atoms with E-state index in [2.05, 4.69) is 31.2 Å². The average Bonchev–Trinajstić information content (AvgIpc) is 3.80. The number of benzene rings is 1. The average molecular weight is 690 g/mol. The first-order valence-electron chi connectivity index (χ1n) is 17.6. The molecule has 1 aliphatic heterocycles. The molecule has 1 saturated carbocycles. The van der Waals surface area contributed by atoms with Crippen LogP contribution in [0.4, 0.5) is 0 Å². The summed E-state index contributed by atoms with van der Waals surface area (Å²) in [5.41, 5.74) is -0.284. The van der Waals surface area contributed by atoms with Crippen molar-refractivity contribution in [1.29, 1.82) is 0 Å². The number of hydrogen-bond donors (Lipinski definition) is 4. The zero-order valence-corrected chi connectivity index (χ0v) is 29.9. The molecule has 0 bridgehead atoms. The lowest BCUT2D eigenvalue weighted by molar-refractivity contribution is -0.146. The topological polar surface area (TPSA) is 180 Å². The van der Waals surface area contributed by atoms with Crippen LogP contribution in [0.15, 0.2) is 48.9 Å². The predicted octanol–water partition coefficient (Wildman–Crippen LogP) is 2.73. The van der Waals surface area contributed by atoms with Gasteiger partial charge >= 0.3 is 0 Å². The fourth-order valence-electron chi connectivity index (χ4n) is 6.36. The standard InChI is InChI=1S/C37H51N7O6/c1-7-16-40-35(49)30(45)26(20-23-13-14-23)41-34(48)29-25(22(2)3)15-19-44(29)36(50)31(37(4,5)6)43-33(47)28(24-11-9-8-10-12-24)42-32(46)27-21-38-17-18-39-27/h8-12,17-18,21-23,25-26,28-29,31H,7,13-16,19-20H2,1-6H3,(H,40,49)(H,41,48)(H,42,46)(H,43,47)/t25-,26?,28+,29+,31-/m1/s1. The Balaban J connectivity index is 1.59. The largest absolute Gasteiger partial charge is 0.349 e. The van der Waals surface area contributed by atoms with E-state index in [9.17, 15) is 28.8 Å². The number of likely N-dealkylation sites (tertiary alicyclic amines) is 1. The molecule has 50 heavy (non-hydrogen) atoms. The van der Waals surface area contributed by atoms with Gasteiger partial charge in [0.05, 0.1) is 12.2 Å². The summed E-state index contributed by atoms with van der Waals surface area (Å²) in [7, 11) is 0. The van der Waals surface area contributed by atoms with Gasteiger partial charge in [-0.3, -0.25) is 33.8 Å². The molecule has 1 unspecified atom stereocenters. The van der Waals surface area contributed by atoms with Crippen molar-refractivity contribution < 1.29 is 28.8 Å². The van der Waals surface area contributed by atoms with Gasteiger partial charge in [-0.25, -0.2) is 4.98 Å². The van der Waals surface area contributed by atoms with Gasteiger partial charge in [-0.2, -0.15) is 0 Å². The van der Waals surface area contributed by atoms with Gasteiger partial charge in [-0.05, 0) is 48.0 Å². The van der Waals surface area contributed by atoms with Gasteiger partial charge < -0.3 is 26.2 Å². The van der Waals surface area contributed by atoms with E-state index in [1.54, 1.807) is 30.3 Å². The number of carbonyl (C=O) groups excluding carboxylic acids is 6. The second-order valence-electron chi connectivity index (χ2n) is 14.7. The lowest BCUT2D eigenvalue weighted by Crippen LogP contribution is -2.61. The van der Waals surface area contributed by atoms with Gasteiger partial charge in [0, 0.05) is 25.5 Å². The molecule has 1 aromatic carbocycles. The maximum Gasteiger partial charge on any atom is 0.289 e. The molecule has 1 saturated heterocycles. The molecule has 1 aromatic heterocycles. The first-order valence-corrected chi connectivity index (χ1v) is 17.6. The molecular weight excluding hydrogens is 638 g/mol. The Morgan fingerprint density at radius 1 is 0.940 bits per heavy atom. The van der Waals surface area contributed by atoms with Crippen LogP contribution in [0.1, 0.15) is 95.7 Å². The molecular formula is C37H51N7O6. The van der Waals surface area contributed by atoms with Crippen LogP contribution >= 0.6 is 0 Å². The third-order valence-electron chi connectivity index (χ3n) is 9.38. The predicted molar refractivity (Wildman–Crippen MR) is 186 cm³/mol. The van der Waals surface area contributed by atoms with Crippen molar-refractivity contribution in [2.45, 2.75) is 97.8 Å². The van der Waals surface area contributed by atoms with Crippen molar-refractivity contribution in [2.75, 3.05) is 13.1 Å². The molecule has 5 atom stereocenters. The first kappa shape index (κ1) is 38.1. The van der Waals surface area contributed by atoms with Crippen LogP contribution in [0.3, 0.4) is 0 Å². The summed E-state index contributed by atoms with van der Waals surface area (Å²) >= 11 is 0. The van der Waals surface area contributed by atoms with E-state index in [0.717, 1.165) is 12.8 Å². The zero-order chi connectivity index (χ0) is 36.6. The Hall–Kier alpha value is -4.68. The Labute approximate surface area is 294 Å². The minimum absolute atomic E-state index is 0.0235. The van der Waals surface area contributed by atoms with Crippen molar-refractivity contribution in [3.8, 4) is 0 Å². The Bertz CT molecular complexity index is 1520. The fourth-order valence-corrected chi connectivity index (χ4v) is 6.36. The van der Waals surface area contributed by atoms with Crippen LogP contribution in [-0.4, -0.2) is 81.4 Å². The van der Waals surface area contributed by atoms with Gasteiger partial charge in [0.25, 0.3) is 11.8 Å². The fraction of sp³-hybridized carbons (Fsp3) is 0.568. The summed E-state index contributed by atoms with van der Waals surface area (Å²) in [5, 5.41) is 11.1. The van der Waals surface area contributed by atoms with Crippen LogP contribution in [-0.2, 0) is 24.0 Å². The summed E-state index contributed by atoms with van der Waals surface area (Å²) in [4.78, 5) is 91.2. The lowest BCUT2D eigenvalue weighted by Gasteiger charge is -2.37. The van der Waals surface area contributed by atoms with E-state index >= 15 is 0 Å². The quantitative estimate of drug-likeness (QED) is 0.206. The van der Waals surface area contributed by atoms with Gasteiger partial charge in [-0.1, -0.05) is 84.7 Å². The SMILES string of the molecule is CCCNC(=O)C(=O)C(CC1CC1)NC(=O)[C@@H]1[C@@H](C(C)C)CCN1C(=O)[C@@H](NC(=O)[C@@H](NC(=O)c1cnccn1)c1ccccc1)C(C)(C)C. The minimum atomic E-state index is -1.17. The maximum absolute atomic E-state index is 14.5. The lowest BCUT2D eigenvalue weighted by atomic mass is 9.84. The van der Waals surface area contributed by atoms with E-state index in [-0.39, 0.29) is 30.0 Å². The van der Waals surface area contributed by atoms with E-state index < -0.39 is 64.9 Å². The molecule has 2 fully saturated rings. The zero-order valence-electron chi connectivity index (χ0n) is 29.9.